The highest BCUT2D eigenvalue weighted by molar-refractivity contribution is 5.32. The molecule has 17 heavy (non-hydrogen) atoms. The second-order valence-electron chi connectivity index (χ2n) is 6.13. The second-order valence-corrected chi connectivity index (χ2v) is 6.13. The number of benzene rings is 1. The van der Waals surface area contributed by atoms with Crippen molar-refractivity contribution in [3.05, 3.63) is 34.9 Å². The molecule has 94 valence electrons. The average Bonchev–Trinajstić information content (AvgIpc) is 2.23. The first-order valence-corrected chi connectivity index (χ1v) is 6.81. The van der Waals surface area contributed by atoms with Gasteiger partial charge in [0.25, 0.3) is 0 Å². The quantitative estimate of drug-likeness (QED) is 0.821. The fraction of sp³-hybridized carbons (Fsp3) is 0.625. The van der Waals surface area contributed by atoms with Crippen molar-refractivity contribution in [1.82, 2.24) is 5.32 Å². The number of hydrogen-bond donors (Lipinski definition) is 1. The lowest BCUT2D eigenvalue weighted by Crippen LogP contribution is -2.38. The second kappa shape index (κ2) is 4.81. The highest BCUT2D eigenvalue weighted by Crippen LogP contribution is 2.39. The SMILES string of the molecule is Cc1ccc(C(C)NCC2(C)CCC2)c(C)c1. The molecular formula is C16H25N. The summed E-state index contributed by atoms with van der Waals surface area (Å²) in [6.07, 6.45) is 4.19. The maximum atomic E-state index is 3.70. The molecule has 1 aliphatic rings. The molecule has 2 rings (SSSR count). The normalized spacial score (nSPS) is 19.8. The molecule has 1 aliphatic carbocycles. The number of aryl methyl sites for hydroxylation is 2. The van der Waals surface area contributed by atoms with E-state index in [0.717, 1.165) is 6.54 Å². The monoisotopic (exact) mass is 231 g/mol. The summed E-state index contributed by atoms with van der Waals surface area (Å²) in [5.74, 6) is 0. The third-order valence-electron chi connectivity index (χ3n) is 4.29. The molecule has 1 fully saturated rings. The van der Waals surface area contributed by atoms with Gasteiger partial charge in [-0.1, -0.05) is 37.1 Å². The minimum Gasteiger partial charge on any atom is -0.310 e. The van der Waals surface area contributed by atoms with Crippen molar-refractivity contribution in [2.45, 2.75) is 53.0 Å². The van der Waals surface area contributed by atoms with Gasteiger partial charge in [-0.2, -0.15) is 0 Å². The average molecular weight is 231 g/mol. The van der Waals surface area contributed by atoms with Gasteiger partial charge in [-0.05, 0) is 50.2 Å². The topological polar surface area (TPSA) is 12.0 Å². The molecule has 1 saturated carbocycles. The summed E-state index contributed by atoms with van der Waals surface area (Å²) >= 11 is 0. The predicted molar refractivity (Wildman–Crippen MR) is 74.3 cm³/mol. The van der Waals surface area contributed by atoms with Gasteiger partial charge in [-0.25, -0.2) is 0 Å². The Balaban J connectivity index is 1.96. The van der Waals surface area contributed by atoms with Crippen LogP contribution in [0.4, 0.5) is 0 Å². The number of rotatable bonds is 4. The Kier molecular flexibility index (Phi) is 3.58. The molecule has 0 saturated heterocycles. The van der Waals surface area contributed by atoms with Gasteiger partial charge in [0.05, 0.1) is 0 Å². The van der Waals surface area contributed by atoms with E-state index in [1.165, 1.54) is 36.0 Å². The van der Waals surface area contributed by atoms with Crippen molar-refractivity contribution in [2.75, 3.05) is 6.54 Å². The van der Waals surface area contributed by atoms with Crippen molar-refractivity contribution in [3.8, 4) is 0 Å². The van der Waals surface area contributed by atoms with Gasteiger partial charge >= 0.3 is 0 Å². The molecule has 1 N–H and O–H groups in total. The molecule has 0 heterocycles. The van der Waals surface area contributed by atoms with Crippen molar-refractivity contribution in [3.63, 3.8) is 0 Å². The van der Waals surface area contributed by atoms with Crippen LogP contribution in [0.15, 0.2) is 18.2 Å². The van der Waals surface area contributed by atoms with Gasteiger partial charge in [0.15, 0.2) is 0 Å². The van der Waals surface area contributed by atoms with Crippen molar-refractivity contribution in [2.24, 2.45) is 5.41 Å². The van der Waals surface area contributed by atoms with E-state index in [1.807, 2.05) is 0 Å². The molecule has 1 aromatic carbocycles. The van der Waals surface area contributed by atoms with Crippen molar-refractivity contribution >= 4 is 0 Å². The van der Waals surface area contributed by atoms with Crippen LogP contribution in [0.25, 0.3) is 0 Å². The molecule has 0 aromatic heterocycles. The van der Waals surface area contributed by atoms with Gasteiger partial charge in [0, 0.05) is 12.6 Å². The van der Waals surface area contributed by atoms with E-state index in [9.17, 15) is 0 Å². The van der Waals surface area contributed by atoms with Crippen LogP contribution in [0.3, 0.4) is 0 Å². The number of hydrogen-bond acceptors (Lipinski definition) is 1. The summed E-state index contributed by atoms with van der Waals surface area (Å²) in [5.41, 5.74) is 4.76. The van der Waals surface area contributed by atoms with E-state index in [-0.39, 0.29) is 0 Å². The summed E-state index contributed by atoms with van der Waals surface area (Å²) in [6.45, 7) is 10.2. The maximum Gasteiger partial charge on any atom is 0.0294 e. The number of nitrogens with one attached hydrogen (secondary N) is 1. The van der Waals surface area contributed by atoms with E-state index in [1.54, 1.807) is 0 Å². The third-order valence-corrected chi connectivity index (χ3v) is 4.29. The Bertz CT molecular complexity index is 391. The molecule has 1 nitrogen and oxygen atoms in total. The summed E-state index contributed by atoms with van der Waals surface area (Å²) in [4.78, 5) is 0. The standard InChI is InChI=1S/C16H25N/c1-12-6-7-15(13(2)10-12)14(3)17-11-16(4)8-5-9-16/h6-7,10,14,17H,5,8-9,11H2,1-4H3. The van der Waals surface area contributed by atoms with Crippen molar-refractivity contribution in [1.29, 1.82) is 0 Å². The van der Waals surface area contributed by atoms with E-state index in [2.05, 4.69) is 51.2 Å². The zero-order valence-electron chi connectivity index (χ0n) is 11.6. The summed E-state index contributed by atoms with van der Waals surface area (Å²) in [6, 6.07) is 7.23. The highest BCUT2D eigenvalue weighted by atomic mass is 14.9. The van der Waals surface area contributed by atoms with Crippen LogP contribution in [-0.4, -0.2) is 6.54 Å². The zero-order valence-corrected chi connectivity index (χ0v) is 11.6. The molecule has 0 bridgehead atoms. The molecule has 0 radical (unpaired) electrons. The van der Waals surface area contributed by atoms with Crippen LogP contribution >= 0.6 is 0 Å². The largest absolute Gasteiger partial charge is 0.310 e. The Morgan fingerprint density at radius 1 is 1.29 bits per heavy atom. The Hall–Kier alpha value is -0.820. The van der Waals surface area contributed by atoms with E-state index in [4.69, 9.17) is 0 Å². The first-order valence-electron chi connectivity index (χ1n) is 6.81. The van der Waals surface area contributed by atoms with Gasteiger partial charge in [-0.15, -0.1) is 0 Å². The lowest BCUT2D eigenvalue weighted by atomic mass is 9.70. The fourth-order valence-electron chi connectivity index (χ4n) is 2.78. The van der Waals surface area contributed by atoms with Crippen LogP contribution in [0.5, 0.6) is 0 Å². The smallest absolute Gasteiger partial charge is 0.0294 e. The van der Waals surface area contributed by atoms with Gasteiger partial charge < -0.3 is 5.32 Å². The lowest BCUT2D eigenvalue weighted by molar-refractivity contribution is 0.152. The van der Waals surface area contributed by atoms with Crippen molar-refractivity contribution < 1.29 is 0 Å². The molecule has 1 heteroatoms. The lowest BCUT2D eigenvalue weighted by Gasteiger charge is -2.39. The van der Waals surface area contributed by atoms with Gasteiger partial charge in [0.1, 0.15) is 0 Å². The Labute approximate surface area is 106 Å². The first kappa shape index (κ1) is 12.6. The molecule has 0 aliphatic heterocycles. The van der Waals surface area contributed by atoms with E-state index >= 15 is 0 Å². The van der Waals surface area contributed by atoms with E-state index < -0.39 is 0 Å². The Morgan fingerprint density at radius 2 is 2.00 bits per heavy atom. The Morgan fingerprint density at radius 3 is 2.53 bits per heavy atom. The molecule has 0 spiro atoms. The van der Waals surface area contributed by atoms with Crippen LogP contribution in [0.1, 0.15) is 55.8 Å². The summed E-state index contributed by atoms with van der Waals surface area (Å²) in [5, 5.41) is 3.70. The minimum atomic E-state index is 0.466. The highest BCUT2D eigenvalue weighted by Gasteiger charge is 2.31. The van der Waals surface area contributed by atoms with Crippen LogP contribution in [-0.2, 0) is 0 Å². The molecular weight excluding hydrogens is 206 g/mol. The van der Waals surface area contributed by atoms with Crippen LogP contribution < -0.4 is 5.32 Å². The minimum absolute atomic E-state index is 0.466. The van der Waals surface area contributed by atoms with Crippen LogP contribution in [0.2, 0.25) is 0 Å². The third kappa shape index (κ3) is 2.90. The first-order chi connectivity index (χ1) is 8.00. The maximum absolute atomic E-state index is 3.70. The van der Waals surface area contributed by atoms with Crippen LogP contribution in [0, 0.1) is 19.3 Å². The molecule has 1 atom stereocenters. The van der Waals surface area contributed by atoms with Gasteiger partial charge in [-0.3, -0.25) is 0 Å². The molecule has 1 aromatic rings. The van der Waals surface area contributed by atoms with Gasteiger partial charge in [0.2, 0.25) is 0 Å². The molecule has 1 unspecified atom stereocenters. The summed E-state index contributed by atoms with van der Waals surface area (Å²) in [7, 11) is 0. The zero-order chi connectivity index (χ0) is 12.5. The van der Waals surface area contributed by atoms with E-state index in [0.29, 0.717) is 11.5 Å². The predicted octanol–water partition coefficient (Wildman–Crippen LogP) is 4.14. The summed E-state index contributed by atoms with van der Waals surface area (Å²) < 4.78 is 0. The molecule has 0 amide bonds. The fourth-order valence-corrected chi connectivity index (χ4v) is 2.78.